The largest absolute Gasteiger partial charge is 0.387 e. The average molecular weight is 192 g/mol. The van der Waals surface area contributed by atoms with E-state index >= 15 is 0 Å². The van der Waals surface area contributed by atoms with Gasteiger partial charge in [0.15, 0.2) is 12.1 Å². The van der Waals surface area contributed by atoms with E-state index < -0.39 is 36.5 Å². The van der Waals surface area contributed by atoms with Gasteiger partial charge in [0.05, 0.1) is 0 Å². The molecule has 1 heterocycles. The fraction of sp³-hybridized carbons (Fsp3) is 0.857. The van der Waals surface area contributed by atoms with E-state index in [-0.39, 0.29) is 0 Å². The Kier molecular flexibility index (Phi) is 2.99. The molecule has 0 bridgehead atoms. The number of hydrogen-bond donors (Lipinski definition) is 4. The van der Waals surface area contributed by atoms with Crippen molar-refractivity contribution in [3.63, 3.8) is 0 Å². The predicted molar refractivity (Wildman–Crippen MR) is 39.6 cm³/mol. The molecule has 76 valence electrons. The van der Waals surface area contributed by atoms with Gasteiger partial charge in [0, 0.05) is 0 Å². The van der Waals surface area contributed by atoms with Gasteiger partial charge in [-0.2, -0.15) is 0 Å². The minimum atomic E-state index is -1.65. The fourth-order valence-electron chi connectivity index (χ4n) is 1.20. The zero-order valence-corrected chi connectivity index (χ0v) is 6.99. The maximum absolute atomic E-state index is 10.8. The molecule has 0 aromatic rings. The number of ketones is 1. The van der Waals surface area contributed by atoms with Crippen LogP contribution < -0.4 is 0 Å². The Hall–Kier alpha value is -0.530. The number of carbonyl (C=O) groups is 1. The Morgan fingerprint density at radius 1 is 1.08 bits per heavy atom. The van der Waals surface area contributed by atoms with Crippen molar-refractivity contribution in [2.24, 2.45) is 0 Å². The van der Waals surface area contributed by atoms with Crippen LogP contribution in [0, 0.1) is 0 Å². The van der Waals surface area contributed by atoms with Crippen LogP contribution >= 0.6 is 0 Å². The van der Waals surface area contributed by atoms with E-state index in [1.165, 1.54) is 0 Å². The highest BCUT2D eigenvalue weighted by molar-refractivity contribution is 5.81. The summed E-state index contributed by atoms with van der Waals surface area (Å²) in [5.41, 5.74) is 0. The van der Waals surface area contributed by atoms with E-state index in [0.717, 1.165) is 6.92 Å². The molecule has 1 rings (SSSR count). The van der Waals surface area contributed by atoms with E-state index in [9.17, 15) is 9.90 Å². The first-order chi connectivity index (χ1) is 5.95. The Bertz CT molecular complexity index is 205. The van der Waals surface area contributed by atoms with Crippen LogP contribution in [0.4, 0.5) is 0 Å². The second-order valence-electron chi connectivity index (χ2n) is 3.03. The summed E-state index contributed by atoms with van der Waals surface area (Å²) in [6.07, 6.45) is -7.60. The molecule has 0 spiro atoms. The van der Waals surface area contributed by atoms with Crippen LogP contribution in [0.2, 0.25) is 0 Å². The summed E-state index contributed by atoms with van der Waals surface area (Å²) in [7, 11) is 0. The Labute approximate surface area is 74.4 Å². The SMILES string of the molecule is CC(=O)C1OC(O)C(O)[C@@H](O)[C@H]1O. The Morgan fingerprint density at radius 2 is 1.62 bits per heavy atom. The monoisotopic (exact) mass is 192 g/mol. The van der Waals surface area contributed by atoms with Gasteiger partial charge < -0.3 is 25.2 Å². The predicted octanol–water partition coefficient (Wildman–Crippen LogP) is -2.62. The van der Waals surface area contributed by atoms with Crippen molar-refractivity contribution < 1.29 is 30.0 Å². The second-order valence-corrected chi connectivity index (χ2v) is 3.03. The molecule has 0 radical (unpaired) electrons. The normalized spacial score (nSPS) is 46.1. The third-order valence-corrected chi connectivity index (χ3v) is 1.99. The van der Waals surface area contributed by atoms with Crippen molar-refractivity contribution in [3.8, 4) is 0 Å². The molecule has 0 saturated carbocycles. The summed E-state index contributed by atoms with van der Waals surface area (Å²) in [5.74, 6) is -0.516. The van der Waals surface area contributed by atoms with Crippen molar-refractivity contribution in [2.45, 2.75) is 37.6 Å². The molecule has 13 heavy (non-hydrogen) atoms. The van der Waals surface area contributed by atoms with Crippen molar-refractivity contribution >= 4 is 5.78 Å². The van der Waals surface area contributed by atoms with Gasteiger partial charge in [0.1, 0.15) is 24.4 Å². The molecule has 1 saturated heterocycles. The first kappa shape index (κ1) is 10.6. The summed E-state index contributed by atoms with van der Waals surface area (Å²) in [6, 6.07) is 0. The van der Waals surface area contributed by atoms with E-state index in [2.05, 4.69) is 4.74 Å². The number of rotatable bonds is 1. The van der Waals surface area contributed by atoms with Crippen molar-refractivity contribution in [1.29, 1.82) is 0 Å². The third-order valence-electron chi connectivity index (χ3n) is 1.99. The molecule has 3 unspecified atom stereocenters. The lowest BCUT2D eigenvalue weighted by Gasteiger charge is -2.37. The summed E-state index contributed by atoms with van der Waals surface area (Å²) in [6.45, 7) is 1.16. The summed E-state index contributed by atoms with van der Waals surface area (Å²) in [5, 5.41) is 36.4. The smallest absolute Gasteiger partial charge is 0.184 e. The minimum absolute atomic E-state index is 0.516. The topological polar surface area (TPSA) is 107 Å². The van der Waals surface area contributed by atoms with Gasteiger partial charge in [0.2, 0.25) is 0 Å². The molecule has 0 aromatic heterocycles. The quantitative estimate of drug-likeness (QED) is 0.362. The van der Waals surface area contributed by atoms with Gasteiger partial charge in [-0.1, -0.05) is 0 Å². The lowest BCUT2D eigenvalue weighted by molar-refractivity contribution is -0.274. The highest BCUT2D eigenvalue weighted by Gasteiger charge is 2.44. The van der Waals surface area contributed by atoms with Crippen LogP contribution in [0.15, 0.2) is 0 Å². The van der Waals surface area contributed by atoms with E-state index in [1.807, 2.05) is 0 Å². The number of hydrogen-bond acceptors (Lipinski definition) is 6. The lowest BCUT2D eigenvalue weighted by Crippen LogP contribution is -2.59. The van der Waals surface area contributed by atoms with Crippen molar-refractivity contribution in [2.75, 3.05) is 0 Å². The molecule has 1 fully saturated rings. The van der Waals surface area contributed by atoms with Gasteiger partial charge in [-0.25, -0.2) is 0 Å². The van der Waals surface area contributed by atoms with Crippen LogP contribution in [-0.4, -0.2) is 56.9 Å². The maximum atomic E-state index is 10.8. The van der Waals surface area contributed by atoms with Gasteiger partial charge in [-0.05, 0) is 6.92 Å². The van der Waals surface area contributed by atoms with Crippen LogP contribution in [0.1, 0.15) is 6.92 Å². The number of ether oxygens (including phenoxy) is 1. The van der Waals surface area contributed by atoms with Crippen molar-refractivity contribution in [1.82, 2.24) is 0 Å². The number of carbonyl (C=O) groups excluding carboxylic acids is 1. The van der Waals surface area contributed by atoms with E-state index in [0.29, 0.717) is 0 Å². The molecule has 6 heteroatoms. The van der Waals surface area contributed by atoms with Gasteiger partial charge >= 0.3 is 0 Å². The maximum Gasteiger partial charge on any atom is 0.184 e. The standard InChI is InChI=1S/C7H12O6/c1-2(8)6-4(10)3(9)5(11)7(12)13-6/h3-7,9-12H,1H3/t3-,4+,5?,6?,7?/m0/s1. The molecule has 0 aliphatic carbocycles. The van der Waals surface area contributed by atoms with Gasteiger partial charge in [-0.3, -0.25) is 4.79 Å². The first-order valence-corrected chi connectivity index (χ1v) is 3.83. The molecular weight excluding hydrogens is 180 g/mol. The lowest BCUT2D eigenvalue weighted by atomic mass is 9.97. The molecule has 5 atom stereocenters. The van der Waals surface area contributed by atoms with E-state index in [1.54, 1.807) is 0 Å². The van der Waals surface area contributed by atoms with Crippen LogP contribution in [-0.2, 0) is 9.53 Å². The average Bonchev–Trinajstić information content (AvgIpc) is 2.07. The molecule has 4 N–H and O–H groups in total. The van der Waals surface area contributed by atoms with Crippen LogP contribution in [0.3, 0.4) is 0 Å². The molecule has 6 nitrogen and oxygen atoms in total. The molecule has 1 aliphatic heterocycles. The fourth-order valence-corrected chi connectivity index (χ4v) is 1.20. The minimum Gasteiger partial charge on any atom is -0.387 e. The summed E-state index contributed by atoms with van der Waals surface area (Å²) in [4.78, 5) is 10.8. The zero-order chi connectivity index (χ0) is 10.2. The molecule has 0 aromatic carbocycles. The molecular formula is C7H12O6. The highest BCUT2D eigenvalue weighted by Crippen LogP contribution is 2.20. The second kappa shape index (κ2) is 3.69. The van der Waals surface area contributed by atoms with Gasteiger partial charge in [0.25, 0.3) is 0 Å². The Balaban J connectivity index is 2.76. The Morgan fingerprint density at radius 3 is 2.08 bits per heavy atom. The zero-order valence-electron chi connectivity index (χ0n) is 6.99. The number of aliphatic hydroxyl groups is 4. The molecule has 1 aliphatic rings. The van der Waals surface area contributed by atoms with Crippen LogP contribution in [0.25, 0.3) is 0 Å². The summed E-state index contributed by atoms with van der Waals surface area (Å²) >= 11 is 0. The summed E-state index contributed by atoms with van der Waals surface area (Å²) < 4.78 is 4.59. The molecule has 0 amide bonds. The van der Waals surface area contributed by atoms with Crippen molar-refractivity contribution in [3.05, 3.63) is 0 Å². The third kappa shape index (κ3) is 1.87. The van der Waals surface area contributed by atoms with Gasteiger partial charge in [-0.15, -0.1) is 0 Å². The van der Waals surface area contributed by atoms with Crippen LogP contribution in [0.5, 0.6) is 0 Å². The first-order valence-electron chi connectivity index (χ1n) is 3.83. The highest BCUT2D eigenvalue weighted by atomic mass is 16.6. The number of Topliss-reactive ketones (excluding diaryl/α,β-unsaturated/α-hetero) is 1. The van der Waals surface area contributed by atoms with E-state index in [4.69, 9.17) is 15.3 Å². The number of aliphatic hydroxyl groups excluding tert-OH is 4.